The zero-order chi connectivity index (χ0) is 13.7. The van der Waals surface area contributed by atoms with E-state index in [9.17, 15) is 9.59 Å². The highest BCUT2D eigenvalue weighted by atomic mass is 16.4. The molecule has 0 saturated heterocycles. The monoisotopic (exact) mass is 244 g/mol. The molecular weight excluding hydrogens is 232 g/mol. The summed E-state index contributed by atoms with van der Waals surface area (Å²) < 4.78 is 0. The van der Waals surface area contributed by atoms with Crippen molar-refractivity contribution in [3.63, 3.8) is 0 Å². The van der Waals surface area contributed by atoms with Crippen molar-refractivity contribution in [1.82, 2.24) is 0 Å². The predicted octanol–water partition coefficient (Wildman–Crippen LogP) is 3.04. The molecule has 0 aliphatic carbocycles. The Bertz CT molecular complexity index is 549. The summed E-state index contributed by atoms with van der Waals surface area (Å²) in [5.41, 5.74) is 0.223. The number of fused-ring (bicyclic) bond motifs is 1. The summed E-state index contributed by atoms with van der Waals surface area (Å²) in [6.45, 7) is 6.00. The van der Waals surface area contributed by atoms with Crippen LogP contribution in [0.15, 0.2) is 49.6 Å². The highest BCUT2D eigenvalue weighted by Crippen LogP contribution is 2.22. The molecule has 0 amide bonds. The molecule has 2 rings (SSSR count). The van der Waals surface area contributed by atoms with Crippen molar-refractivity contribution in [2.24, 2.45) is 0 Å². The molecule has 4 heteroatoms. The summed E-state index contributed by atoms with van der Waals surface area (Å²) >= 11 is 0. The largest absolute Gasteiger partial charge is 0.478 e. The average Bonchev–Trinajstić information content (AvgIpc) is 2.39. The average molecular weight is 244 g/mol. The first-order chi connectivity index (χ1) is 8.61. The Morgan fingerprint density at radius 2 is 1.11 bits per heavy atom. The first kappa shape index (κ1) is 13.4. The fraction of sp³-hybridized carbons (Fsp3) is 0. The maximum Gasteiger partial charge on any atom is 0.336 e. The molecule has 18 heavy (non-hydrogen) atoms. The minimum atomic E-state index is -1.06. The van der Waals surface area contributed by atoms with Gasteiger partial charge in [-0.15, -0.1) is 13.2 Å². The summed E-state index contributed by atoms with van der Waals surface area (Å²) in [6.07, 6.45) is 0. The van der Waals surface area contributed by atoms with E-state index in [0.29, 0.717) is 10.8 Å². The third-order valence-electron chi connectivity index (χ3n) is 2.38. The van der Waals surface area contributed by atoms with Gasteiger partial charge < -0.3 is 10.2 Å². The molecule has 0 unspecified atom stereocenters. The number of rotatable bonds is 2. The maximum atomic E-state index is 10.9. The number of carboxylic acid groups (broad SMARTS) is 2. The quantitative estimate of drug-likeness (QED) is 0.796. The van der Waals surface area contributed by atoms with Crippen molar-refractivity contribution in [2.75, 3.05) is 0 Å². The molecule has 0 spiro atoms. The SMILES string of the molecule is C=C.O=C(O)c1ccc(C(=O)O)c2ccccc12. The standard InChI is InChI=1S/C12H8O4.C2H4/c13-11(14)9-5-6-10(12(15)16)8-4-2-1-3-7(8)9;1-2/h1-6H,(H,13,14)(H,15,16);1-2H2. The number of hydrogen-bond donors (Lipinski definition) is 2. The number of aromatic carboxylic acids is 2. The van der Waals surface area contributed by atoms with Crippen molar-refractivity contribution in [1.29, 1.82) is 0 Å². The molecule has 2 aromatic rings. The van der Waals surface area contributed by atoms with Crippen LogP contribution in [-0.2, 0) is 0 Å². The second-order valence-electron chi connectivity index (χ2n) is 3.32. The summed E-state index contributed by atoms with van der Waals surface area (Å²) in [6, 6.07) is 9.19. The van der Waals surface area contributed by atoms with E-state index in [2.05, 4.69) is 13.2 Å². The van der Waals surface area contributed by atoms with Gasteiger partial charge in [-0.25, -0.2) is 9.59 Å². The van der Waals surface area contributed by atoms with Gasteiger partial charge in [-0.05, 0) is 22.9 Å². The van der Waals surface area contributed by atoms with E-state index in [0.717, 1.165) is 0 Å². The lowest BCUT2D eigenvalue weighted by molar-refractivity contribution is 0.0684. The van der Waals surface area contributed by atoms with Crippen LogP contribution >= 0.6 is 0 Å². The molecule has 0 aliphatic heterocycles. The molecule has 0 aliphatic rings. The Balaban J connectivity index is 0.000000771. The van der Waals surface area contributed by atoms with Gasteiger partial charge in [0.1, 0.15) is 0 Å². The van der Waals surface area contributed by atoms with Gasteiger partial charge in [-0.2, -0.15) is 0 Å². The summed E-state index contributed by atoms with van der Waals surface area (Å²) in [5, 5.41) is 18.8. The fourth-order valence-corrected chi connectivity index (χ4v) is 1.67. The minimum Gasteiger partial charge on any atom is -0.478 e. The van der Waals surface area contributed by atoms with Crippen LogP contribution in [0.25, 0.3) is 10.8 Å². The first-order valence-corrected chi connectivity index (χ1v) is 5.09. The molecular formula is C14H12O4. The Kier molecular flexibility index (Phi) is 4.21. The van der Waals surface area contributed by atoms with Crippen molar-refractivity contribution in [3.8, 4) is 0 Å². The lowest BCUT2D eigenvalue weighted by atomic mass is 10.00. The molecule has 0 aromatic heterocycles. The highest BCUT2D eigenvalue weighted by Gasteiger charge is 2.13. The molecule has 0 radical (unpaired) electrons. The molecule has 0 bridgehead atoms. The number of hydrogen-bond acceptors (Lipinski definition) is 2. The van der Waals surface area contributed by atoms with E-state index in [-0.39, 0.29) is 11.1 Å². The van der Waals surface area contributed by atoms with Gasteiger partial charge in [0, 0.05) is 0 Å². The topological polar surface area (TPSA) is 74.6 Å². The molecule has 2 aromatic carbocycles. The lowest BCUT2D eigenvalue weighted by Gasteiger charge is -2.05. The van der Waals surface area contributed by atoms with Crippen LogP contribution in [0, 0.1) is 0 Å². The van der Waals surface area contributed by atoms with Crippen molar-refractivity contribution < 1.29 is 19.8 Å². The van der Waals surface area contributed by atoms with Crippen LogP contribution in [0.3, 0.4) is 0 Å². The summed E-state index contributed by atoms with van der Waals surface area (Å²) in [4.78, 5) is 21.9. The van der Waals surface area contributed by atoms with E-state index in [1.165, 1.54) is 12.1 Å². The fourth-order valence-electron chi connectivity index (χ4n) is 1.67. The van der Waals surface area contributed by atoms with Crippen LogP contribution in [-0.4, -0.2) is 22.2 Å². The van der Waals surface area contributed by atoms with E-state index in [1.807, 2.05) is 0 Å². The van der Waals surface area contributed by atoms with Gasteiger partial charge in [0.2, 0.25) is 0 Å². The van der Waals surface area contributed by atoms with Crippen LogP contribution in [0.5, 0.6) is 0 Å². The first-order valence-electron chi connectivity index (χ1n) is 5.09. The Hall–Kier alpha value is -2.62. The van der Waals surface area contributed by atoms with Gasteiger partial charge in [0.05, 0.1) is 11.1 Å². The lowest BCUT2D eigenvalue weighted by Crippen LogP contribution is -2.02. The Morgan fingerprint density at radius 1 is 0.778 bits per heavy atom. The molecule has 0 atom stereocenters. The number of carboxylic acids is 2. The summed E-state index contributed by atoms with van der Waals surface area (Å²) in [5.74, 6) is -2.12. The van der Waals surface area contributed by atoms with Gasteiger partial charge >= 0.3 is 11.9 Å². The molecule has 0 saturated carbocycles. The zero-order valence-corrected chi connectivity index (χ0v) is 9.59. The smallest absolute Gasteiger partial charge is 0.336 e. The predicted molar refractivity (Wildman–Crippen MR) is 69.1 cm³/mol. The van der Waals surface area contributed by atoms with Crippen LogP contribution < -0.4 is 0 Å². The van der Waals surface area contributed by atoms with Gasteiger partial charge in [-0.1, -0.05) is 24.3 Å². The minimum absolute atomic E-state index is 0.112. The van der Waals surface area contributed by atoms with Crippen molar-refractivity contribution in [3.05, 3.63) is 60.7 Å². The molecule has 0 fully saturated rings. The second kappa shape index (κ2) is 5.63. The Labute approximate surface area is 104 Å². The van der Waals surface area contributed by atoms with Crippen LogP contribution in [0.1, 0.15) is 20.7 Å². The zero-order valence-electron chi connectivity index (χ0n) is 9.59. The molecule has 2 N–H and O–H groups in total. The van der Waals surface area contributed by atoms with E-state index >= 15 is 0 Å². The highest BCUT2D eigenvalue weighted by molar-refractivity contribution is 6.10. The van der Waals surface area contributed by atoms with E-state index in [4.69, 9.17) is 10.2 Å². The second-order valence-corrected chi connectivity index (χ2v) is 3.32. The number of carbonyl (C=O) groups is 2. The third kappa shape index (κ3) is 2.38. The van der Waals surface area contributed by atoms with Gasteiger partial charge in [-0.3, -0.25) is 0 Å². The van der Waals surface area contributed by atoms with Crippen molar-refractivity contribution >= 4 is 22.7 Å². The number of benzene rings is 2. The van der Waals surface area contributed by atoms with Crippen molar-refractivity contribution in [2.45, 2.75) is 0 Å². The maximum absolute atomic E-state index is 10.9. The van der Waals surface area contributed by atoms with Gasteiger partial charge in [0.15, 0.2) is 0 Å². The third-order valence-corrected chi connectivity index (χ3v) is 2.38. The summed E-state index contributed by atoms with van der Waals surface area (Å²) in [7, 11) is 0. The van der Waals surface area contributed by atoms with Gasteiger partial charge in [0.25, 0.3) is 0 Å². The van der Waals surface area contributed by atoms with Crippen LogP contribution in [0.4, 0.5) is 0 Å². The molecule has 0 heterocycles. The van der Waals surface area contributed by atoms with E-state index < -0.39 is 11.9 Å². The molecule has 92 valence electrons. The van der Waals surface area contributed by atoms with E-state index in [1.54, 1.807) is 24.3 Å². The normalized spacial score (nSPS) is 9.33. The van der Waals surface area contributed by atoms with Crippen LogP contribution in [0.2, 0.25) is 0 Å². The Morgan fingerprint density at radius 3 is 1.39 bits per heavy atom. The molecule has 4 nitrogen and oxygen atoms in total.